The lowest BCUT2D eigenvalue weighted by Gasteiger charge is -2.25. The van der Waals surface area contributed by atoms with E-state index < -0.39 is 27.4 Å². The third-order valence-electron chi connectivity index (χ3n) is 4.62. The molecule has 0 heterocycles. The summed E-state index contributed by atoms with van der Waals surface area (Å²) in [5.74, 6) is -0.539. The van der Waals surface area contributed by atoms with E-state index >= 15 is 0 Å². The molecule has 160 valence electrons. The molecule has 0 aliphatic carbocycles. The summed E-state index contributed by atoms with van der Waals surface area (Å²) in [6.07, 6.45) is 0. The number of nitro benzene ring substituents is 1. The van der Waals surface area contributed by atoms with Crippen LogP contribution in [0.3, 0.4) is 0 Å². The summed E-state index contributed by atoms with van der Waals surface area (Å²) >= 11 is 0. The van der Waals surface area contributed by atoms with Gasteiger partial charge in [-0.05, 0) is 30.7 Å². The van der Waals surface area contributed by atoms with Gasteiger partial charge in [0.05, 0.1) is 21.5 Å². The van der Waals surface area contributed by atoms with Crippen LogP contribution in [-0.2, 0) is 14.8 Å². The first-order valence-electron chi connectivity index (χ1n) is 9.45. The van der Waals surface area contributed by atoms with Crippen molar-refractivity contribution in [3.63, 3.8) is 0 Å². The average Bonchev–Trinajstić information content (AvgIpc) is 2.78. The number of nitrogens with one attached hydrogen (secondary N) is 1. The van der Waals surface area contributed by atoms with Crippen molar-refractivity contribution >= 4 is 27.3 Å². The van der Waals surface area contributed by atoms with Crippen molar-refractivity contribution in [1.29, 1.82) is 0 Å². The molecule has 31 heavy (non-hydrogen) atoms. The Bertz CT molecular complexity index is 1170. The lowest BCUT2D eigenvalue weighted by Crippen LogP contribution is -2.41. The first-order chi connectivity index (χ1) is 14.8. The maximum absolute atomic E-state index is 13.3. The Hall–Kier alpha value is -3.72. The number of amides is 1. The van der Waals surface area contributed by atoms with Gasteiger partial charge in [0.25, 0.3) is 15.7 Å². The number of nitrogens with zero attached hydrogens (tertiary/aromatic N) is 2. The Morgan fingerprint density at radius 2 is 1.61 bits per heavy atom. The molecule has 0 aliphatic rings. The van der Waals surface area contributed by atoms with Crippen LogP contribution in [0, 0.1) is 10.1 Å². The third kappa shape index (κ3) is 5.26. The SMILES string of the molecule is C[C@H](NC(=O)CN(c1cccc([N+](=O)[O-])c1)S(=O)(=O)c1ccccc1)c1ccccc1. The fraction of sp³-hybridized carbons (Fsp3) is 0.136. The van der Waals surface area contributed by atoms with Crippen LogP contribution in [0.4, 0.5) is 11.4 Å². The van der Waals surface area contributed by atoms with E-state index in [1.165, 1.54) is 30.3 Å². The Kier molecular flexibility index (Phi) is 6.66. The monoisotopic (exact) mass is 439 g/mol. The van der Waals surface area contributed by atoms with Crippen LogP contribution in [-0.4, -0.2) is 25.8 Å². The number of rotatable bonds is 8. The van der Waals surface area contributed by atoms with Gasteiger partial charge in [-0.2, -0.15) is 0 Å². The molecular formula is C22H21N3O5S. The molecule has 0 spiro atoms. The Balaban J connectivity index is 1.93. The number of sulfonamides is 1. The summed E-state index contributed by atoms with van der Waals surface area (Å²) in [6, 6.07) is 21.7. The van der Waals surface area contributed by atoms with Gasteiger partial charge < -0.3 is 5.32 Å². The summed E-state index contributed by atoms with van der Waals surface area (Å²) in [7, 11) is -4.14. The van der Waals surface area contributed by atoms with E-state index in [1.54, 1.807) is 25.1 Å². The van der Waals surface area contributed by atoms with Crippen molar-refractivity contribution in [2.75, 3.05) is 10.8 Å². The number of nitro groups is 1. The largest absolute Gasteiger partial charge is 0.348 e. The second-order valence-electron chi connectivity index (χ2n) is 6.80. The van der Waals surface area contributed by atoms with E-state index in [2.05, 4.69) is 5.32 Å². The number of benzene rings is 3. The van der Waals surface area contributed by atoms with Gasteiger partial charge in [0.15, 0.2) is 0 Å². The molecule has 0 bridgehead atoms. The normalized spacial score (nSPS) is 12.0. The quantitative estimate of drug-likeness (QED) is 0.425. The van der Waals surface area contributed by atoms with Crippen LogP contribution >= 0.6 is 0 Å². The smallest absolute Gasteiger partial charge is 0.271 e. The Labute approximate surface area is 180 Å². The van der Waals surface area contributed by atoms with Crippen LogP contribution in [0.1, 0.15) is 18.5 Å². The molecule has 0 saturated carbocycles. The van der Waals surface area contributed by atoms with E-state index in [-0.39, 0.29) is 22.3 Å². The molecule has 8 nitrogen and oxygen atoms in total. The van der Waals surface area contributed by atoms with Crippen molar-refractivity contribution in [2.45, 2.75) is 17.9 Å². The first kappa shape index (κ1) is 22.0. The molecule has 0 radical (unpaired) electrons. The second-order valence-corrected chi connectivity index (χ2v) is 8.66. The molecule has 3 rings (SSSR count). The Morgan fingerprint density at radius 3 is 2.23 bits per heavy atom. The summed E-state index contributed by atoms with van der Waals surface area (Å²) in [6.45, 7) is 1.26. The van der Waals surface area contributed by atoms with Gasteiger partial charge in [0, 0.05) is 12.1 Å². The minimum atomic E-state index is -4.14. The lowest BCUT2D eigenvalue weighted by molar-refractivity contribution is -0.384. The van der Waals surface area contributed by atoms with Gasteiger partial charge in [-0.25, -0.2) is 8.42 Å². The van der Waals surface area contributed by atoms with Crippen LogP contribution in [0.15, 0.2) is 89.8 Å². The maximum Gasteiger partial charge on any atom is 0.271 e. The molecule has 1 atom stereocenters. The second kappa shape index (κ2) is 9.40. The van der Waals surface area contributed by atoms with E-state index in [0.717, 1.165) is 15.9 Å². The van der Waals surface area contributed by atoms with Crippen LogP contribution in [0.5, 0.6) is 0 Å². The number of hydrogen-bond donors (Lipinski definition) is 1. The summed E-state index contributed by atoms with van der Waals surface area (Å²) in [4.78, 5) is 23.3. The van der Waals surface area contributed by atoms with Gasteiger partial charge in [-0.3, -0.25) is 19.2 Å². The topological polar surface area (TPSA) is 110 Å². The molecule has 9 heteroatoms. The van der Waals surface area contributed by atoms with Gasteiger partial charge in [-0.15, -0.1) is 0 Å². The highest BCUT2D eigenvalue weighted by Gasteiger charge is 2.28. The highest BCUT2D eigenvalue weighted by Crippen LogP contribution is 2.27. The molecule has 1 amide bonds. The van der Waals surface area contributed by atoms with Gasteiger partial charge in [0.1, 0.15) is 6.54 Å². The molecule has 0 fully saturated rings. The van der Waals surface area contributed by atoms with Crippen molar-refractivity contribution in [2.24, 2.45) is 0 Å². The number of carbonyl (C=O) groups excluding carboxylic acids is 1. The zero-order valence-corrected chi connectivity index (χ0v) is 17.5. The van der Waals surface area contributed by atoms with Crippen molar-refractivity contribution in [1.82, 2.24) is 5.32 Å². The maximum atomic E-state index is 13.3. The highest BCUT2D eigenvalue weighted by atomic mass is 32.2. The molecule has 3 aromatic carbocycles. The van der Waals surface area contributed by atoms with Crippen LogP contribution in [0.2, 0.25) is 0 Å². The minimum absolute atomic E-state index is 0.0228. The predicted molar refractivity (Wildman–Crippen MR) is 117 cm³/mol. The summed E-state index contributed by atoms with van der Waals surface area (Å²) in [5, 5.41) is 14.0. The van der Waals surface area contributed by atoms with Gasteiger partial charge in [0.2, 0.25) is 5.91 Å². The van der Waals surface area contributed by atoms with E-state index in [9.17, 15) is 23.3 Å². The number of non-ortho nitro benzene ring substituents is 1. The minimum Gasteiger partial charge on any atom is -0.348 e. The van der Waals surface area contributed by atoms with E-state index in [1.807, 2.05) is 30.3 Å². The molecule has 3 aromatic rings. The molecule has 0 saturated heterocycles. The molecule has 0 aliphatic heterocycles. The fourth-order valence-corrected chi connectivity index (χ4v) is 4.47. The zero-order valence-electron chi connectivity index (χ0n) is 16.7. The molecule has 1 N–H and O–H groups in total. The van der Waals surface area contributed by atoms with Crippen LogP contribution < -0.4 is 9.62 Å². The lowest BCUT2D eigenvalue weighted by atomic mass is 10.1. The highest BCUT2D eigenvalue weighted by molar-refractivity contribution is 7.92. The van der Waals surface area contributed by atoms with Crippen LogP contribution in [0.25, 0.3) is 0 Å². The molecule has 0 aromatic heterocycles. The average molecular weight is 439 g/mol. The van der Waals surface area contributed by atoms with Crippen molar-refractivity contribution < 1.29 is 18.1 Å². The van der Waals surface area contributed by atoms with Gasteiger partial charge >= 0.3 is 0 Å². The number of anilines is 1. The fourth-order valence-electron chi connectivity index (χ4n) is 3.04. The van der Waals surface area contributed by atoms with E-state index in [4.69, 9.17) is 0 Å². The summed E-state index contributed by atoms with van der Waals surface area (Å²) < 4.78 is 27.4. The van der Waals surface area contributed by atoms with Gasteiger partial charge in [-0.1, -0.05) is 54.6 Å². The predicted octanol–water partition coefficient (Wildman–Crippen LogP) is 3.67. The first-order valence-corrected chi connectivity index (χ1v) is 10.9. The molecular weight excluding hydrogens is 418 g/mol. The standard InChI is InChI=1S/C22H21N3O5S/c1-17(18-9-4-2-5-10-18)23-22(26)16-24(19-11-8-12-20(15-19)25(27)28)31(29,30)21-13-6-3-7-14-21/h2-15,17H,16H2,1H3,(H,23,26)/t17-/m0/s1. The third-order valence-corrected chi connectivity index (χ3v) is 6.41. The van der Waals surface area contributed by atoms with E-state index in [0.29, 0.717) is 0 Å². The Morgan fingerprint density at radius 1 is 1.00 bits per heavy atom. The number of hydrogen-bond acceptors (Lipinski definition) is 5. The number of carbonyl (C=O) groups is 1. The zero-order chi connectivity index (χ0) is 22.4. The van der Waals surface area contributed by atoms with Crippen molar-refractivity contribution in [3.05, 3.63) is 101 Å². The molecule has 0 unspecified atom stereocenters. The summed E-state index contributed by atoms with van der Waals surface area (Å²) in [5.41, 5.74) is 0.619. The van der Waals surface area contributed by atoms with Crippen molar-refractivity contribution in [3.8, 4) is 0 Å².